The molecule has 1 atom stereocenters. The number of carbonyl (C=O) groups excluding carboxylic acids is 1. The molecule has 4 nitrogen and oxygen atoms in total. The van der Waals surface area contributed by atoms with E-state index < -0.39 is 29.0 Å². The van der Waals surface area contributed by atoms with Gasteiger partial charge in [0, 0.05) is 5.39 Å². The highest BCUT2D eigenvalue weighted by Gasteiger charge is 2.36. The number of aromatic nitrogens is 2. The molecular formula is C18H13F4N3OS. The van der Waals surface area contributed by atoms with Crippen molar-refractivity contribution in [1.82, 2.24) is 9.97 Å². The van der Waals surface area contributed by atoms with E-state index in [0.717, 1.165) is 11.8 Å². The fraction of sp³-hybridized carbons (Fsp3) is 0.167. The van der Waals surface area contributed by atoms with Gasteiger partial charge in [-0.1, -0.05) is 42.1 Å². The first-order chi connectivity index (χ1) is 12.8. The molecule has 9 heteroatoms. The molecule has 0 saturated carbocycles. The molecule has 0 aliphatic heterocycles. The highest BCUT2D eigenvalue weighted by atomic mass is 32.2. The molecule has 0 spiro atoms. The molecule has 0 bridgehead atoms. The summed E-state index contributed by atoms with van der Waals surface area (Å²) in [5.74, 6) is -2.43. The Hall–Kier alpha value is -2.68. The number of halogens is 4. The lowest BCUT2D eigenvalue weighted by Gasteiger charge is -2.14. The topological polar surface area (TPSA) is 54.9 Å². The number of rotatable bonds is 4. The Morgan fingerprint density at radius 1 is 1.07 bits per heavy atom. The number of nitrogens with one attached hydrogen (secondary N) is 1. The summed E-state index contributed by atoms with van der Waals surface area (Å²) in [4.78, 5) is 19.5. The molecular weight excluding hydrogens is 382 g/mol. The van der Waals surface area contributed by atoms with Gasteiger partial charge >= 0.3 is 6.18 Å². The lowest BCUT2D eigenvalue weighted by Crippen LogP contribution is -2.23. The SMILES string of the molecule is CC(Sc1nc(C(F)(F)F)nc2ccccc12)C(=O)Nc1ccccc1F. The summed E-state index contributed by atoms with van der Waals surface area (Å²) in [6, 6.07) is 11.9. The number of benzene rings is 2. The Labute approximate surface area is 156 Å². The van der Waals surface area contributed by atoms with E-state index in [1.54, 1.807) is 24.3 Å². The van der Waals surface area contributed by atoms with E-state index in [1.807, 2.05) is 0 Å². The Morgan fingerprint density at radius 3 is 2.44 bits per heavy atom. The Bertz CT molecular complexity index is 994. The molecule has 0 saturated heterocycles. The van der Waals surface area contributed by atoms with Crippen molar-refractivity contribution >= 4 is 34.3 Å². The van der Waals surface area contributed by atoms with Crippen LogP contribution in [0.4, 0.5) is 23.2 Å². The van der Waals surface area contributed by atoms with Crippen LogP contribution in [-0.2, 0) is 11.0 Å². The van der Waals surface area contributed by atoms with Gasteiger partial charge in [0.1, 0.15) is 10.8 Å². The summed E-state index contributed by atoms with van der Waals surface area (Å²) in [7, 11) is 0. The summed E-state index contributed by atoms with van der Waals surface area (Å²) in [6.45, 7) is 1.50. The summed E-state index contributed by atoms with van der Waals surface area (Å²) < 4.78 is 52.9. The van der Waals surface area contributed by atoms with E-state index in [-0.39, 0.29) is 16.2 Å². The van der Waals surface area contributed by atoms with Crippen LogP contribution in [-0.4, -0.2) is 21.1 Å². The summed E-state index contributed by atoms with van der Waals surface area (Å²) in [5.41, 5.74) is 0.127. The zero-order valence-electron chi connectivity index (χ0n) is 13.9. The minimum absolute atomic E-state index is 0.00141. The number of para-hydroxylation sites is 2. The summed E-state index contributed by atoms with van der Waals surface area (Å²) >= 11 is 0.851. The molecule has 3 rings (SSSR count). The molecule has 3 aromatic rings. The van der Waals surface area contributed by atoms with E-state index in [1.165, 1.54) is 31.2 Å². The predicted octanol–water partition coefficient (Wildman–Crippen LogP) is 4.91. The zero-order valence-corrected chi connectivity index (χ0v) is 14.7. The number of carbonyl (C=O) groups is 1. The van der Waals surface area contributed by atoms with Gasteiger partial charge in [0.25, 0.3) is 0 Å². The number of hydrogen-bond acceptors (Lipinski definition) is 4. The second-order valence-electron chi connectivity index (χ2n) is 5.60. The van der Waals surface area contributed by atoms with Crippen molar-refractivity contribution in [1.29, 1.82) is 0 Å². The van der Waals surface area contributed by atoms with Crippen LogP contribution in [0.3, 0.4) is 0 Å². The van der Waals surface area contributed by atoms with Crippen molar-refractivity contribution < 1.29 is 22.4 Å². The van der Waals surface area contributed by atoms with Crippen molar-refractivity contribution in [3.8, 4) is 0 Å². The molecule has 1 unspecified atom stereocenters. The molecule has 1 N–H and O–H groups in total. The maximum Gasteiger partial charge on any atom is 0.451 e. The number of nitrogens with zero attached hydrogens (tertiary/aromatic N) is 2. The number of hydrogen-bond donors (Lipinski definition) is 1. The quantitative estimate of drug-likeness (QED) is 0.388. The van der Waals surface area contributed by atoms with Crippen LogP contribution in [0.25, 0.3) is 10.9 Å². The van der Waals surface area contributed by atoms with Crippen molar-refractivity contribution in [3.05, 3.63) is 60.2 Å². The smallest absolute Gasteiger partial charge is 0.323 e. The largest absolute Gasteiger partial charge is 0.451 e. The van der Waals surface area contributed by atoms with Crippen molar-refractivity contribution in [2.75, 3.05) is 5.32 Å². The molecule has 1 aromatic heterocycles. The van der Waals surface area contributed by atoms with Gasteiger partial charge in [-0.2, -0.15) is 13.2 Å². The zero-order chi connectivity index (χ0) is 19.6. The van der Waals surface area contributed by atoms with Gasteiger partial charge in [-0.05, 0) is 25.1 Å². The first kappa shape index (κ1) is 19.1. The van der Waals surface area contributed by atoms with Gasteiger partial charge in [0.05, 0.1) is 16.5 Å². The highest BCUT2D eigenvalue weighted by Crippen LogP contribution is 2.33. The molecule has 140 valence electrons. The first-order valence-electron chi connectivity index (χ1n) is 7.82. The maximum absolute atomic E-state index is 13.7. The number of fused-ring (bicyclic) bond motifs is 1. The van der Waals surface area contributed by atoms with Crippen molar-refractivity contribution in [2.24, 2.45) is 0 Å². The predicted molar refractivity (Wildman–Crippen MR) is 94.9 cm³/mol. The molecule has 0 radical (unpaired) electrons. The molecule has 0 aliphatic rings. The van der Waals surface area contributed by atoms with Gasteiger partial charge in [-0.25, -0.2) is 14.4 Å². The van der Waals surface area contributed by atoms with E-state index in [0.29, 0.717) is 5.39 Å². The minimum atomic E-state index is -4.71. The number of thioether (sulfide) groups is 1. The lowest BCUT2D eigenvalue weighted by atomic mass is 10.2. The fourth-order valence-corrected chi connectivity index (χ4v) is 3.22. The van der Waals surface area contributed by atoms with Crippen LogP contribution in [0.5, 0.6) is 0 Å². The van der Waals surface area contributed by atoms with Crippen LogP contribution < -0.4 is 5.32 Å². The lowest BCUT2D eigenvalue weighted by molar-refractivity contribution is -0.145. The normalized spacial score (nSPS) is 12.8. The standard InChI is InChI=1S/C18H13F4N3OS/c1-10(15(26)23-14-9-5-3-7-12(14)19)27-16-11-6-2-4-8-13(11)24-17(25-16)18(20,21)22/h2-10H,1H3,(H,23,26). The first-order valence-corrected chi connectivity index (χ1v) is 8.69. The van der Waals surface area contributed by atoms with Gasteiger partial charge in [-0.15, -0.1) is 0 Å². The number of amides is 1. The minimum Gasteiger partial charge on any atom is -0.323 e. The summed E-state index contributed by atoms with van der Waals surface area (Å²) in [6.07, 6.45) is -4.71. The van der Waals surface area contributed by atoms with E-state index in [4.69, 9.17) is 0 Å². The Morgan fingerprint density at radius 2 is 1.74 bits per heavy atom. The van der Waals surface area contributed by atoms with Crippen molar-refractivity contribution in [3.63, 3.8) is 0 Å². The molecule has 27 heavy (non-hydrogen) atoms. The molecule has 2 aromatic carbocycles. The van der Waals surface area contributed by atoms with Gasteiger partial charge in [0.15, 0.2) is 0 Å². The van der Waals surface area contributed by atoms with Crippen LogP contribution in [0.15, 0.2) is 53.6 Å². The third-order valence-corrected chi connectivity index (χ3v) is 4.71. The molecule has 0 aliphatic carbocycles. The monoisotopic (exact) mass is 395 g/mol. The Balaban J connectivity index is 1.89. The Kier molecular flexibility index (Phi) is 5.31. The van der Waals surface area contributed by atoms with Crippen LogP contribution in [0, 0.1) is 5.82 Å². The molecule has 1 heterocycles. The van der Waals surface area contributed by atoms with Crippen LogP contribution in [0.2, 0.25) is 0 Å². The van der Waals surface area contributed by atoms with Gasteiger partial charge in [-0.3, -0.25) is 4.79 Å². The van der Waals surface area contributed by atoms with E-state index in [9.17, 15) is 22.4 Å². The maximum atomic E-state index is 13.7. The van der Waals surface area contributed by atoms with Crippen LogP contribution >= 0.6 is 11.8 Å². The highest BCUT2D eigenvalue weighted by molar-refractivity contribution is 8.00. The second kappa shape index (κ2) is 7.51. The van der Waals surface area contributed by atoms with E-state index >= 15 is 0 Å². The van der Waals surface area contributed by atoms with Crippen LogP contribution in [0.1, 0.15) is 12.7 Å². The average Bonchev–Trinajstić information content (AvgIpc) is 2.62. The number of anilines is 1. The van der Waals surface area contributed by atoms with E-state index in [2.05, 4.69) is 15.3 Å². The number of alkyl halides is 3. The van der Waals surface area contributed by atoms with Gasteiger partial charge in [0.2, 0.25) is 11.7 Å². The molecule has 0 fully saturated rings. The third kappa shape index (κ3) is 4.36. The van der Waals surface area contributed by atoms with Gasteiger partial charge < -0.3 is 5.32 Å². The third-order valence-electron chi connectivity index (χ3n) is 3.61. The fourth-order valence-electron chi connectivity index (χ4n) is 2.28. The molecule has 1 amide bonds. The van der Waals surface area contributed by atoms with Crippen molar-refractivity contribution in [2.45, 2.75) is 23.4 Å². The average molecular weight is 395 g/mol. The summed E-state index contributed by atoms with van der Waals surface area (Å²) in [5, 5.41) is 2.04. The second-order valence-corrected chi connectivity index (χ2v) is 6.93.